The van der Waals surface area contributed by atoms with Crippen LogP contribution in [0.1, 0.15) is 29.1 Å². The molecule has 0 N–H and O–H groups in total. The van der Waals surface area contributed by atoms with E-state index in [1.165, 1.54) is 0 Å². The first kappa shape index (κ1) is 10.3. The molecule has 1 saturated heterocycles. The lowest BCUT2D eigenvalue weighted by molar-refractivity contribution is 0.0793. The van der Waals surface area contributed by atoms with Crippen molar-refractivity contribution in [3.63, 3.8) is 0 Å². The number of likely N-dealkylation sites (tertiary alicyclic amines) is 1. The van der Waals surface area contributed by atoms with E-state index in [1.54, 1.807) is 6.07 Å². The molecule has 4 heteroatoms. The van der Waals surface area contributed by atoms with Crippen LogP contribution in [0.5, 0.6) is 0 Å². The van der Waals surface area contributed by atoms with Gasteiger partial charge in [-0.05, 0) is 31.0 Å². The molecule has 0 bridgehead atoms. The molecule has 2 aromatic rings. The molecular formula is C13H14N2O2. The maximum absolute atomic E-state index is 12.2. The van der Waals surface area contributed by atoms with Gasteiger partial charge in [-0.3, -0.25) is 4.79 Å². The second-order valence-electron chi connectivity index (χ2n) is 4.41. The molecule has 0 saturated carbocycles. The third kappa shape index (κ3) is 1.79. The second-order valence-corrected chi connectivity index (χ2v) is 4.41. The van der Waals surface area contributed by atoms with Gasteiger partial charge in [0.25, 0.3) is 5.91 Å². The van der Waals surface area contributed by atoms with E-state index in [1.807, 2.05) is 24.0 Å². The Morgan fingerprint density at radius 3 is 2.88 bits per heavy atom. The maximum atomic E-state index is 12.2. The molecule has 1 aliphatic heterocycles. The van der Waals surface area contributed by atoms with E-state index < -0.39 is 0 Å². The molecule has 1 aromatic carbocycles. The van der Waals surface area contributed by atoms with Gasteiger partial charge in [0.05, 0.1) is 0 Å². The zero-order valence-corrected chi connectivity index (χ0v) is 9.77. The summed E-state index contributed by atoms with van der Waals surface area (Å²) in [5.41, 5.74) is 2.18. The smallest absolute Gasteiger partial charge is 0.253 e. The fourth-order valence-electron chi connectivity index (χ4n) is 2.28. The average Bonchev–Trinajstić information content (AvgIpc) is 2.94. The molecule has 17 heavy (non-hydrogen) atoms. The van der Waals surface area contributed by atoms with E-state index >= 15 is 0 Å². The van der Waals surface area contributed by atoms with Crippen LogP contribution in [-0.4, -0.2) is 28.9 Å². The van der Waals surface area contributed by atoms with Crippen LogP contribution in [0.2, 0.25) is 0 Å². The van der Waals surface area contributed by atoms with Crippen molar-refractivity contribution in [2.24, 2.45) is 0 Å². The van der Waals surface area contributed by atoms with Crippen molar-refractivity contribution in [3.05, 3.63) is 29.7 Å². The minimum atomic E-state index is 0.0958. The normalized spacial score (nSPS) is 15.7. The predicted molar refractivity (Wildman–Crippen MR) is 63.9 cm³/mol. The summed E-state index contributed by atoms with van der Waals surface area (Å²) in [7, 11) is 0. The maximum Gasteiger partial charge on any atom is 0.253 e. The number of carbonyl (C=O) groups excluding carboxylic acids is 1. The molecule has 0 aliphatic carbocycles. The number of hydrogen-bond donors (Lipinski definition) is 0. The molecule has 1 fully saturated rings. The Balaban J connectivity index is 1.96. The number of oxazole rings is 1. The van der Waals surface area contributed by atoms with E-state index in [9.17, 15) is 4.79 Å². The Morgan fingerprint density at radius 2 is 2.12 bits per heavy atom. The highest BCUT2D eigenvalue weighted by atomic mass is 16.3. The van der Waals surface area contributed by atoms with Crippen LogP contribution in [0.15, 0.2) is 22.6 Å². The van der Waals surface area contributed by atoms with Gasteiger partial charge >= 0.3 is 0 Å². The van der Waals surface area contributed by atoms with Gasteiger partial charge in [0.1, 0.15) is 5.52 Å². The fraction of sp³-hybridized carbons (Fsp3) is 0.385. The van der Waals surface area contributed by atoms with Crippen LogP contribution in [0.25, 0.3) is 11.1 Å². The molecule has 1 aliphatic rings. The van der Waals surface area contributed by atoms with Crippen LogP contribution >= 0.6 is 0 Å². The predicted octanol–water partition coefficient (Wildman–Crippen LogP) is 2.37. The zero-order chi connectivity index (χ0) is 11.8. The molecule has 0 spiro atoms. The lowest BCUT2D eigenvalue weighted by atomic mass is 10.2. The van der Waals surface area contributed by atoms with Crippen LogP contribution in [-0.2, 0) is 0 Å². The molecule has 0 radical (unpaired) electrons. The number of benzene rings is 1. The summed E-state index contributed by atoms with van der Waals surface area (Å²) in [6, 6.07) is 5.45. The van der Waals surface area contributed by atoms with Gasteiger partial charge in [-0.1, -0.05) is 0 Å². The third-order valence-corrected chi connectivity index (χ3v) is 3.14. The van der Waals surface area contributed by atoms with Crippen LogP contribution < -0.4 is 0 Å². The van der Waals surface area contributed by atoms with Gasteiger partial charge in [-0.15, -0.1) is 0 Å². The standard InChI is InChI=1S/C13H14N2O2/c1-9-14-11-5-4-10(8-12(11)17-9)13(16)15-6-2-3-7-15/h4-5,8H,2-3,6-7H2,1H3. The van der Waals surface area contributed by atoms with Crippen molar-refractivity contribution < 1.29 is 9.21 Å². The first-order valence-electron chi connectivity index (χ1n) is 5.90. The van der Waals surface area contributed by atoms with Crippen molar-refractivity contribution in [1.82, 2.24) is 9.88 Å². The van der Waals surface area contributed by atoms with Crippen molar-refractivity contribution >= 4 is 17.0 Å². The highest BCUT2D eigenvalue weighted by Crippen LogP contribution is 2.19. The minimum absolute atomic E-state index is 0.0958. The number of rotatable bonds is 1. The Bertz CT molecular complexity index is 568. The molecule has 4 nitrogen and oxygen atoms in total. The first-order chi connectivity index (χ1) is 8.24. The van der Waals surface area contributed by atoms with Gasteiger partial charge in [-0.25, -0.2) is 4.98 Å². The van der Waals surface area contributed by atoms with E-state index in [2.05, 4.69) is 4.98 Å². The van der Waals surface area contributed by atoms with E-state index in [0.717, 1.165) is 31.4 Å². The molecule has 2 heterocycles. The van der Waals surface area contributed by atoms with Gasteiger partial charge < -0.3 is 9.32 Å². The molecule has 0 unspecified atom stereocenters. The molecule has 1 aromatic heterocycles. The largest absolute Gasteiger partial charge is 0.441 e. The quantitative estimate of drug-likeness (QED) is 0.755. The van der Waals surface area contributed by atoms with Gasteiger partial charge in [0.15, 0.2) is 11.5 Å². The lowest BCUT2D eigenvalue weighted by Crippen LogP contribution is -2.27. The summed E-state index contributed by atoms with van der Waals surface area (Å²) in [4.78, 5) is 18.3. The number of hydrogen-bond acceptors (Lipinski definition) is 3. The molecule has 88 valence electrons. The minimum Gasteiger partial charge on any atom is -0.441 e. The molecule has 1 amide bonds. The highest BCUT2D eigenvalue weighted by molar-refractivity contribution is 5.97. The average molecular weight is 230 g/mol. The van der Waals surface area contributed by atoms with Crippen LogP contribution in [0.4, 0.5) is 0 Å². The van der Waals surface area contributed by atoms with Gasteiger partial charge in [0, 0.05) is 25.6 Å². The summed E-state index contributed by atoms with van der Waals surface area (Å²) in [6.07, 6.45) is 2.21. The number of aromatic nitrogens is 1. The molecular weight excluding hydrogens is 216 g/mol. The third-order valence-electron chi connectivity index (χ3n) is 3.14. The van der Waals surface area contributed by atoms with Gasteiger partial charge in [0.2, 0.25) is 0 Å². The highest BCUT2D eigenvalue weighted by Gasteiger charge is 2.20. The first-order valence-corrected chi connectivity index (χ1v) is 5.90. The Kier molecular flexibility index (Phi) is 2.35. The fourth-order valence-corrected chi connectivity index (χ4v) is 2.28. The number of carbonyl (C=O) groups is 1. The summed E-state index contributed by atoms with van der Waals surface area (Å²) in [6.45, 7) is 3.54. The second kappa shape index (κ2) is 3.87. The van der Waals surface area contributed by atoms with Gasteiger partial charge in [-0.2, -0.15) is 0 Å². The summed E-state index contributed by atoms with van der Waals surface area (Å²) >= 11 is 0. The number of amides is 1. The Labute approximate surface area is 99.2 Å². The monoisotopic (exact) mass is 230 g/mol. The van der Waals surface area contributed by atoms with Crippen molar-refractivity contribution in [1.29, 1.82) is 0 Å². The summed E-state index contributed by atoms with van der Waals surface area (Å²) in [5.74, 6) is 0.726. The molecule has 3 rings (SSSR count). The van der Waals surface area contributed by atoms with Crippen molar-refractivity contribution in [2.45, 2.75) is 19.8 Å². The number of fused-ring (bicyclic) bond motifs is 1. The Morgan fingerprint density at radius 1 is 1.35 bits per heavy atom. The van der Waals surface area contributed by atoms with Crippen LogP contribution in [0.3, 0.4) is 0 Å². The van der Waals surface area contributed by atoms with Crippen LogP contribution in [0, 0.1) is 6.92 Å². The topological polar surface area (TPSA) is 46.3 Å². The van der Waals surface area contributed by atoms with E-state index in [-0.39, 0.29) is 5.91 Å². The summed E-state index contributed by atoms with van der Waals surface area (Å²) in [5, 5.41) is 0. The lowest BCUT2D eigenvalue weighted by Gasteiger charge is -2.14. The Hall–Kier alpha value is -1.84. The van der Waals surface area contributed by atoms with E-state index in [4.69, 9.17) is 4.42 Å². The van der Waals surface area contributed by atoms with Crippen molar-refractivity contribution in [2.75, 3.05) is 13.1 Å². The SMILES string of the molecule is Cc1nc2ccc(C(=O)N3CCCC3)cc2o1. The van der Waals surface area contributed by atoms with Crippen molar-refractivity contribution in [3.8, 4) is 0 Å². The van der Waals surface area contributed by atoms with E-state index in [0.29, 0.717) is 17.0 Å². The zero-order valence-electron chi connectivity index (χ0n) is 9.77. The number of nitrogens with zero attached hydrogens (tertiary/aromatic N) is 2. The number of aryl methyl sites for hydroxylation is 1. The molecule has 0 atom stereocenters. The summed E-state index contributed by atoms with van der Waals surface area (Å²) < 4.78 is 5.44.